The van der Waals surface area contributed by atoms with Gasteiger partial charge in [-0.25, -0.2) is 4.39 Å². The number of hydrogen-bond acceptors (Lipinski definition) is 4. The van der Waals surface area contributed by atoms with Crippen LogP contribution in [-0.4, -0.2) is 17.3 Å². The SMILES string of the molecule is COc1cc(F)ccc1-c1nnco1. The van der Waals surface area contributed by atoms with Gasteiger partial charge in [-0.05, 0) is 12.1 Å². The van der Waals surface area contributed by atoms with Gasteiger partial charge in [-0.3, -0.25) is 0 Å². The molecule has 0 unspecified atom stereocenters. The van der Waals surface area contributed by atoms with Crippen molar-refractivity contribution >= 4 is 0 Å². The molecule has 72 valence electrons. The van der Waals surface area contributed by atoms with E-state index < -0.39 is 0 Å². The summed E-state index contributed by atoms with van der Waals surface area (Å²) < 4.78 is 22.8. The van der Waals surface area contributed by atoms with E-state index >= 15 is 0 Å². The van der Waals surface area contributed by atoms with Gasteiger partial charge in [0.2, 0.25) is 6.39 Å². The molecule has 0 aliphatic carbocycles. The molecule has 0 atom stereocenters. The minimum atomic E-state index is -0.370. The quantitative estimate of drug-likeness (QED) is 0.732. The Hall–Kier alpha value is -1.91. The third kappa shape index (κ3) is 1.44. The van der Waals surface area contributed by atoms with Crippen molar-refractivity contribution in [1.29, 1.82) is 0 Å². The summed E-state index contributed by atoms with van der Waals surface area (Å²) >= 11 is 0. The lowest BCUT2D eigenvalue weighted by Crippen LogP contribution is -1.89. The molecule has 0 radical (unpaired) electrons. The highest BCUT2D eigenvalue weighted by atomic mass is 19.1. The smallest absolute Gasteiger partial charge is 0.251 e. The van der Waals surface area contributed by atoms with Gasteiger partial charge < -0.3 is 9.15 Å². The fourth-order valence-corrected chi connectivity index (χ4v) is 1.13. The van der Waals surface area contributed by atoms with Crippen LogP contribution in [0.1, 0.15) is 0 Å². The maximum Gasteiger partial charge on any atom is 0.251 e. The van der Waals surface area contributed by atoms with Crippen LogP contribution in [0, 0.1) is 5.82 Å². The summed E-state index contributed by atoms with van der Waals surface area (Å²) in [6.45, 7) is 0. The fraction of sp³-hybridized carbons (Fsp3) is 0.111. The molecule has 0 saturated carbocycles. The van der Waals surface area contributed by atoms with Crippen LogP contribution in [0.25, 0.3) is 11.5 Å². The second kappa shape index (κ2) is 3.45. The van der Waals surface area contributed by atoms with Gasteiger partial charge in [0.05, 0.1) is 12.7 Å². The first-order valence-electron chi connectivity index (χ1n) is 3.91. The summed E-state index contributed by atoms with van der Waals surface area (Å²) in [6, 6.07) is 4.10. The lowest BCUT2D eigenvalue weighted by molar-refractivity contribution is 0.411. The third-order valence-electron chi connectivity index (χ3n) is 1.75. The topological polar surface area (TPSA) is 48.2 Å². The van der Waals surface area contributed by atoms with Gasteiger partial charge in [-0.1, -0.05) is 0 Å². The van der Waals surface area contributed by atoms with Crippen molar-refractivity contribution in [2.24, 2.45) is 0 Å². The van der Waals surface area contributed by atoms with Gasteiger partial charge in [0.25, 0.3) is 5.89 Å². The Balaban J connectivity index is 2.53. The number of rotatable bonds is 2. The van der Waals surface area contributed by atoms with Gasteiger partial charge >= 0.3 is 0 Å². The number of benzene rings is 1. The van der Waals surface area contributed by atoms with Crippen LogP contribution in [0.4, 0.5) is 4.39 Å². The number of hydrogen-bond donors (Lipinski definition) is 0. The van der Waals surface area contributed by atoms with Crippen molar-refractivity contribution in [3.8, 4) is 17.2 Å². The van der Waals surface area contributed by atoms with Gasteiger partial charge in [0.1, 0.15) is 11.6 Å². The maximum atomic E-state index is 12.8. The van der Waals surface area contributed by atoms with E-state index in [4.69, 9.17) is 9.15 Å². The predicted octanol–water partition coefficient (Wildman–Crippen LogP) is 1.88. The minimum Gasteiger partial charge on any atom is -0.496 e. The molecule has 14 heavy (non-hydrogen) atoms. The Bertz CT molecular complexity index is 428. The van der Waals surface area contributed by atoms with Gasteiger partial charge in [0, 0.05) is 6.07 Å². The summed E-state index contributed by atoms with van der Waals surface area (Å²) in [6.07, 6.45) is 1.21. The number of halogens is 1. The molecule has 2 rings (SSSR count). The summed E-state index contributed by atoms with van der Waals surface area (Å²) in [7, 11) is 1.45. The Morgan fingerprint density at radius 2 is 2.29 bits per heavy atom. The highest BCUT2D eigenvalue weighted by Crippen LogP contribution is 2.28. The molecule has 4 nitrogen and oxygen atoms in total. The molecular weight excluding hydrogens is 187 g/mol. The molecule has 1 aromatic carbocycles. The molecule has 0 saturated heterocycles. The lowest BCUT2D eigenvalue weighted by Gasteiger charge is -2.03. The predicted molar refractivity (Wildman–Crippen MR) is 46.2 cm³/mol. The van der Waals surface area contributed by atoms with Crippen LogP contribution in [0.2, 0.25) is 0 Å². The minimum absolute atomic E-state index is 0.307. The first kappa shape index (κ1) is 8.68. The van der Waals surface area contributed by atoms with Crippen LogP contribution < -0.4 is 4.74 Å². The molecule has 0 aliphatic heterocycles. The number of aromatic nitrogens is 2. The Morgan fingerprint density at radius 3 is 2.93 bits per heavy atom. The molecule has 1 heterocycles. The van der Waals surface area contributed by atoms with Crippen LogP contribution >= 0.6 is 0 Å². The number of methoxy groups -OCH3 is 1. The number of ether oxygens (including phenoxy) is 1. The van der Waals surface area contributed by atoms with Gasteiger partial charge in [0.15, 0.2) is 0 Å². The second-order valence-electron chi connectivity index (χ2n) is 2.59. The van der Waals surface area contributed by atoms with Crippen molar-refractivity contribution in [1.82, 2.24) is 10.2 Å². The zero-order valence-electron chi connectivity index (χ0n) is 7.40. The molecule has 0 N–H and O–H groups in total. The summed E-state index contributed by atoms with van der Waals surface area (Å²) in [5.74, 6) is 0.307. The highest BCUT2D eigenvalue weighted by Gasteiger charge is 2.10. The van der Waals surface area contributed by atoms with E-state index in [1.165, 1.54) is 31.7 Å². The maximum absolute atomic E-state index is 12.8. The van der Waals surface area contributed by atoms with Crippen molar-refractivity contribution in [2.75, 3.05) is 7.11 Å². The fourth-order valence-electron chi connectivity index (χ4n) is 1.13. The summed E-state index contributed by atoms with van der Waals surface area (Å²) in [5.41, 5.74) is 0.575. The summed E-state index contributed by atoms with van der Waals surface area (Å²) in [5, 5.41) is 7.24. The third-order valence-corrected chi connectivity index (χ3v) is 1.75. The normalized spacial score (nSPS) is 10.1. The van der Waals surface area contributed by atoms with E-state index in [1.807, 2.05) is 0 Å². The van der Waals surface area contributed by atoms with Crippen LogP contribution in [0.3, 0.4) is 0 Å². The van der Waals surface area contributed by atoms with Gasteiger partial charge in [-0.2, -0.15) is 0 Å². The molecule has 1 aromatic heterocycles. The zero-order chi connectivity index (χ0) is 9.97. The van der Waals surface area contributed by atoms with Crippen LogP contribution in [0.5, 0.6) is 5.75 Å². The first-order chi connectivity index (χ1) is 6.81. The highest BCUT2D eigenvalue weighted by molar-refractivity contribution is 5.62. The largest absolute Gasteiger partial charge is 0.496 e. The summed E-state index contributed by atoms with van der Waals surface area (Å²) in [4.78, 5) is 0. The Labute approximate surface area is 79.3 Å². The molecule has 0 spiro atoms. The molecule has 2 aromatic rings. The Morgan fingerprint density at radius 1 is 1.43 bits per heavy atom. The van der Waals surface area contributed by atoms with Crippen molar-refractivity contribution in [2.45, 2.75) is 0 Å². The van der Waals surface area contributed by atoms with Crippen molar-refractivity contribution in [3.05, 3.63) is 30.4 Å². The molecule has 0 bridgehead atoms. The van der Waals surface area contributed by atoms with Crippen molar-refractivity contribution in [3.63, 3.8) is 0 Å². The van der Waals surface area contributed by atoms with Crippen LogP contribution in [-0.2, 0) is 0 Å². The average Bonchev–Trinajstić information content (AvgIpc) is 2.70. The lowest BCUT2D eigenvalue weighted by atomic mass is 10.2. The van der Waals surface area contributed by atoms with Crippen LogP contribution in [0.15, 0.2) is 29.0 Å². The average molecular weight is 194 g/mol. The molecule has 0 amide bonds. The first-order valence-corrected chi connectivity index (χ1v) is 3.91. The van der Waals surface area contributed by atoms with E-state index in [-0.39, 0.29) is 5.82 Å². The van der Waals surface area contributed by atoms with E-state index in [2.05, 4.69) is 10.2 Å². The Kier molecular flexibility index (Phi) is 2.14. The van der Waals surface area contributed by atoms with E-state index in [1.54, 1.807) is 0 Å². The molecule has 0 fully saturated rings. The van der Waals surface area contributed by atoms with E-state index in [0.717, 1.165) is 0 Å². The zero-order valence-corrected chi connectivity index (χ0v) is 7.40. The monoisotopic (exact) mass is 194 g/mol. The standard InChI is InChI=1S/C9H7FN2O2/c1-13-8-4-6(10)2-3-7(8)9-12-11-5-14-9/h2-5H,1H3. The van der Waals surface area contributed by atoms with Gasteiger partial charge in [-0.15, -0.1) is 10.2 Å². The molecule has 0 aliphatic rings. The second-order valence-corrected chi connectivity index (χ2v) is 2.59. The van der Waals surface area contributed by atoms with E-state index in [0.29, 0.717) is 17.2 Å². The van der Waals surface area contributed by atoms with E-state index in [9.17, 15) is 4.39 Å². The molecule has 5 heteroatoms. The number of nitrogens with zero attached hydrogens (tertiary/aromatic N) is 2. The van der Waals surface area contributed by atoms with Crippen molar-refractivity contribution < 1.29 is 13.5 Å². The molecular formula is C9H7FN2O2.